The van der Waals surface area contributed by atoms with Crippen LogP contribution in [0.4, 0.5) is 0 Å². The summed E-state index contributed by atoms with van der Waals surface area (Å²) in [7, 11) is 3.53. The van der Waals surface area contributed by atoms with E-state index < -0.39 is 0 Å². The molecule has 0 spiro atoms. The number of aromatic amines is 1. The number of hydrogen-bond acceptors (Lipinski definition) is 4. The van der Waals surface area contributed by atoms with Crippen LogP contribution in [0, 0.1) is 4.64 Å². The summed E-state index contributed by atoms with van der Waals surface area (Å²) in [6.07, 6.45) is 3.57. The van der Waals surface area contributed by atoms with Gasteiger partial charge >= 0.3 is 0 Å². The fourth-order valence-electron chi connectivity index (χ4n) is 1.45. The van der Waals surface area contributed by atoms with Crippen molar-refractivity contribution in [1.82, 2.24) is 19.5 Å². The Morgan fingerprint density at radius 2 is 2.35 bits per heavy atom. The van der Waals surface area contributed by atoms with Crippen LogP contribution < -0.4 is 0 Å². The third kappa shape index (κ3) is 2.46. The molecule has 2 aromatic rings. The lowest BCUT2D eigenvalue weighted by molar-refractivity contribution is 0.181. The van der Waals surface area contributed by atoms with Gasteiger partial charge in [0.2, 0.25) is 0 Å². The van der Waals surface area contributed by atoms with Crippen molar-refractivity contribution in [2.45, 2.75) is 6.61 Å². The summed E-state index contributed by atoms with van der Waals surface area (Å²) in [5, 5.41) is 0. The van der Waals surface area contributed by atoms with E-state index in [9.17, 15) is 0 Å². The highest BCUT2D eigenvalue weighted by molar-refractivity contribution is 9.10. The van der Waals surface area contributed by atoms with E-state index in [0.29, 0.717) is 17.1 Å². The summed E-state index contributed by atoms with van der Waals surface area (Å²) in [4.78, 5) is 11.7. The molecule has 0 aliphatic carbocycles. The minimum absolute atomic E-state index is 0.435. The van der Waals surface area contributed by atoms with Gasteiger partial charge in [0.25, 0.3) is 0 Å². The number of hydrogen-bond donors (Lipinski definition) is 1. The van der Waals surface area contributed by atoms with E-state index in [1.807, 2.05) is 17.8 Å². The van der Waals surface area contributed by atoms with Crippen molar-refractivity contribution in [3.05, 3.63) is 27.2 Å². The van der Waals surface area contributed by atoms with Gasteiger partial charge in [0, 0.05) is 26.6 Å². The second kappa shape index (κ2) is 5.07. The number of aromatic nitrogens is 4. The Morgan fingerprint density at radius 1 is 1.59 bits per heavy atom. The highest BCUT2D eigenvalue weighted by atomic mass is 79.9. The van der Waals surface area contributed by atoms with Gasteiger partial charge in [0.15, 0.2) is 11.6 Å². The summed E-state index contributed by atoms with van der Waals surface area (Å²) in [5.74, 6) is 1.37. The quantitative estimate of drug-likeness (QED) is 0.884. The molecule has 0 radical (unpaired) electrons. The topological polar surface area (TPSA) is 55.7 Å². The Kier molecular flexibility index (Phi) is 3.70. The largest absolute Gasteiger partial charge is 0.378 e. The van der Waals surface area contributed by atoms with Gasteiger partial charge in [-0.25, -0.2) is 9.97 Å². The van der Waals surface area contributed by atoms with E-state index in [2.05, 4.69) is 30.9 Å². The molecule has 0 atom stereocenters. The van der Waals surface area contributed by atoms with Crippen LogP contribution in [-0.4, -0.2) is 26.6 Å². The van der Waals surface area contributed by atoms with Crippen LogP contribution in [0.2, 0.25) is 0 Å². The van der Waals surface area contributed by atoms with Gasteiger partial charge in [-0.15, -0.1) is 0 Å². The zero-order valence-corrected chi connectivity index (χ0v) is 11.8. The predicted molar refractivity (Wildman–Crippen MR) is 70.0 cm³/mol. The van der Waals surface area contributed by atoms with Crippen LogP contribution in [0.5, 0.6) is 0 Å². The Hall–Kier alpha value is -1.05. The smallest absolute Gasteiger partial charge is 0.175 e. The van der Waals surface area contributed by atoms with Crippen LogP contribution in [0.25, 0.3) is 11.6 Å². The van der Waals surface area contributed by atoms with Crippen LogP contribution in [0.3, 0.4) is 0 Å². The summed E-state index contributed by atoms with van der Waals surface area (Å²) in [6, 6.07) is 0. The molecular formula is C10H11BrN4OS. The second-order valence-corrected chi connectivity index (χ2v) is 4.66. The Bertz CT molecular complexity index is 592. The van der Waals surface area contributed by atoms with Gasteiger partial charge in [-0.3, -0.25) is 0 Å². The molecule has 2 rings (SSSR count). The molecule has 0 fully saturated rings. The number of nitrogens with one attached hydrogen (secondary N) is 1. The molecule has 0 bridgehead atoms. The summed E-state index contributed by atoms with van der Waals surface area (Å²) < 4.78 is 8.23. The van der Waals surface area contributed by atoms with Gasteiger partial charge in [-0.2, -0.15) is 0 Å². The SMILES string of the molecule is COCc1[nH]c(-c2nccn2C)nc(=S)c1Br. The van der Waals surface area contributed by atoms with Crippen LogP contribution >= 0.6 is 28.1 Å². The van der Waals surface area contributed by atoms with Gasteiger partial charge in [0.1, 0.15) is 4.64 Å². The molecule has 90 valence electrons. The molecule has 5 nitrogen and oxygen atoms in total. The Labute approximate surface area is 112 Å². The highest BCUT2D eigenvalue weighted by Gasteiger charge is 2.10. The normalized spacial score (nSPS) is 10.8. The average molecular weight is 315 g/mol. The molecule has 0 aromatic carbocycles. The van der Waals surface area contributed by atoms with Crippen molar-refractivity contribution in [3.8, 4) is 11.6 Å². The lowest BCUT2D eigenvalue weighted by Gasteiger charge is -2.07. The second-order valence-electron chi connectivity index (χ2n) is 3.48. The summed E-state index contributed by atoms with van der Waals surface area (Å²) in [6.45, 7) is 0.435. The molecule has 0 unspecified atom stereocenters. The van der Waals surface area contributed by atoms with Crippen molar-refractivity contribution in [2.75, 3.05) is 7.11 Å². The minimum Gasteiger partial charge on any atom is -0.378 e. The number of aryl methyl sites for hydroxylation is 1. The van der Waals surface area contributed by atoms with Crippen LogP contribution in [0.15, 0.2) is 16.9 Å². The summed E-state index contributed by atoms with van der Waals surface area (Å²) >= 11 is 8.58. The maximum atomic E-state index is 5.19. The van der Waals surface area contributed by atoms with Crippen LogP contribution in [-0.2, 0) is 18.4 Å². The Balaban J connectivity index is 2.57. The van der Waals surface area contributed by atoms with Crippen molar-refractivity contribution in [1.29, 1.82) is 0 Å². The molecule has 2 aromatic heterocycles. The number of methoxy groups -OCH3 is 1. The zero-order valence-electron chi connectivity index (χ0n) is 9.40. The van der Waals surface area contributed by atoms with Gasteiger partial charge in [-0.1, -0.05) is 12.2 Å². The fraction of sp³-hybridized carbons (Fsp3) is 0.300. The van der Waals surface area contributed by atoms with Crippen molar-refractivity contribution >= 4 is 28.1 Å². The zero-order chi connectivity index (χ0) is 12.4. The fourth-order valence-corrected chi connectivity index (χ4v) is 1.97. The van der Waals surface area contributed by atoms with E-state index in [-0.39, 0.29) is 0 Å². The molecule has 7 heteroatoms. The first-order valence-electron chi connectivity index (χ1n) is 4.88. The number of ether oxygens (including phenoxy) is 1. The molecule has 0 amide bonds. The third-order valence-corrected chi connectivity index (χ3v) is 3.67. The molecule has 17 heavy (non-hydrogen) atoms. The first-order chi connectivity index (χ1) is 8.13. The van der Waals surface area contributed by atoms with E-state index in [1.165, 1.54) is 0 Å². The predicted octanol–water partition coefficient (Wildman–Crippen LogP) is 2.45. The summed E-state index contributed by atoms with van der Waals surface area (Å²) in [5.41, 5.74) is 0.852. The lowest BCUT2D eigenvalue weighted by Crippen LogP contribution is -2.03. The molecule has 1 N–H and O–H groups in total. The molecular weight excluding hydrogens is 304 g/mol. The van der Waals surface area contributed by atoms with Crippen molar-refractivity contribution < 1.29 is 4.74 Å². The Morgan fingerprint density at radius 3 is 2.94 bits per heavy atom. The standard InChI is InChI=1S/C10H11BrN4OS/c1-15-4-3-12-9(15)8-13-6(5-16-2)7(11)10(17)14-8/h3-4H,5H2,1-2H3,(H,13,14,17). The average Bonchev–Trinajstić information content (AvgIpc) is 2.71. The monoisotopic (exact) mass is 314 g/mol. The highest BCUT2D eigenvalue weighted by Crippen LogP contribution is 2.20. The first-order valence-corrected chi connectivity index (χ1v) is 6.09. The number of imidazole rings is 1. The molecule has 0 aliphatic rings. The lowest BCUT2D eigenvalue weighted by atomic mass is 10.4. The minimum atomic E-state index is 0.435. The van der Waals surface area contributed by atoms with Crippen molar-refractivity contribution in [2.24, 2.45) is 7.05 Å². The number of nitrogens with zero attached hydrogens (tertiary/aromatic N) is 3. The molecule has 0 saturated carbocycles. The molecule has 0 saturated heterocycles. The number of rotatable bonds is 3. The van der Waals surface area contributed by atoms with Gasteiger partial charge in [-0.05, 0) is 15.9 Å². The number of halogens is 1. The van der Waals surface area contributed by atoms with Crippen LogP contribution in [0.1, 0.15) is 5.69 Å². The van der Waals surface area contributed by atoms with Gasteiger partial charge in [0.05, 0.1) is 16.8 Å². The maximum Gasteiger partial charge on any atom is 0.175 e. The first kappa shape index (κ1) is 12.4. The van der Waals surface area contributed by atoms with Crippen molar-refractivity contribution in [3.63, 3.8) is 0 Å². The van der Waals surface area contributed by atoms with Gasteiger partial charge < -0.3 is 14.3 Å². The van der Waals surface area contributed by atoms with E-state index >= 15 is 0 Å². The van der Waals surface area contributed by atoms with E-state index in [4.69, 9.17) is 17.0 Å². The maximum absolute atomic E-state index is 5.19. The molecule has 0 aliphatic heterocycles. The third-order valence-electron chi connectivity index (χ3n) is 2.26. The van der Waals surface area contributed by atoms with E-state index in [0.717, 1.165) is 16.0 Å². The molecule has 2 heterocycles. The number of H-pyrrole nitrogens is 1. The van der Waals surface area contributed by atoms with E-state index in [1.54, 1.807) is 13.3 Å².